The molecule has 0 fully saturated rings. The molecule has 2 aromatic rings. The molecule has 0 aromatic heterocycles. The van der Waals surface area contributed by atoms with Crippen LogP contribution < -0.4 is 0 Å². The quantitative estimate of drug-likeness (QED) is 0.458. The van der Waals surface area contributed by atoms with E-state index in [0.717, 1.165) is 5.69 Å². The van der Waals surface area contributed by atoms with Crippen LogP contribution in [0.1, 0.15) is 5.56 Å². The molecular weight excluding hydrogens is 216 g/mol. The molecule has 0 N–H and O–H groups in total. The summed E-state index contributed by atoms with van der Waals surface area (Å²) in [5, 5.41) is 10.6. The third kappa shape index (κ3) is 2.98. The summed E-state index contributed by atoms with van der Waals surface area (Å²) in [6, 6.07) is 15.8. The van der Waals surface area contributed by atoms with Crippen molar-refractivity contribution >= 4 is 17.6 Å². The van der Waals surface area contributed by atoms with Crippen LogP contribution in [0.2, 0.25) is 0 Å². The van der Waals surface area contributed by atoms with Crippen LogP contribution in [0.5, 0.6) is 0 Å². The third-order valence-electron chi connectivity index (χ3n) is 2.20. The summed E-state index contributed by atoms with van der Waals surface area (Å²) in [5.74, 6) is 0. The van der Waals surface area contributed by atoms with Gasteiger partial charge in [0, 0.05) is 18.3 Å². The lowest BCUT2D eigenvalue weighted by molar-refractivity contribution is -0.384. The van der Waals surface area contributed by atoms with Crippen molar-refractivity contribution in [2.45, 2.75) is 0 Å². The smallest absolute Gasteiger partial charge is 0.258 e. The van der Waals surface area contributed by atoms with Gasteiger partial charge < -0.3 is 0 Å². The topological polar surface area (TPSA) is 55.5 Å². The van der Waals surface area contributed by atoms with Crippen molar-refractivity contribution < 1.29 is 4.92 Å². The Kier molecular flexibility index (Phi) is 3.25. The molecule has 4 nitrogen and oxygen atoms in total. The molecule has 0 amide bonds. The molecule has 0 aliphatic rings. The fraction of sp³-hybridized carbons (Fsp3) is 0. The maximum absolute atomic E-state index is 10.6. The summed E-state index contributed by atoms with van der Waals surface area (Å²) < 4.78 is 0. The maximum atomic E-state index is 10.6. The zero-order chi connectivity index (χ0) is 12.1. The van der Waals surface area contributed by atoms with Gasteiger partial charge in [-0.05, 0) is 17.7 Å². The molecule has 0 aliphatic heterocycles. The first kappa shape index (κ1) is 11.0. The lowest BCUT2D eigenvalue weighted by Crippen LogP contribution is -1.89. The summed E-state index contributed by atoms with van der Waals surface area (Å²) in [7, 11) is 0. The minimum Gasteiger partial charge on any atom is -0.258 e. The molecule has 2 rings (SSSR count). The zero-order valence-electron chi connectivity index (χ0n) is 8.98. The fourth-order valence-electron chi connectivity index (χ4n) is 1.38. The van der Waals surface area contributed by atoms with Crippen LogP contribution in [0.15, 0.2) is 59.6 Å². The molecule has 0 aliphatic carbocycles. The van der Waals surface area contributed by atoms with Gasteiger partial charge in [-0.1, -0.05) is 30.3 Å². The highest BCUT2D eigenvalue weighted by Gasteiger charge is 2.03. The Bertz CT molecular complexity index is 550. The van der Waals surface area contributed by atoms with Gasteiger partial charge in [0.25, 0.3) is 5.69 Å². The number of aliphatic imine (C=N–C) groups is 1. The Morgan fingerprint density at radius 3 is 2.53 bits per heavy atom. The van der Waals surface area contributed by atoms with Gasteiger partial charge in [0.2, 0.25) is 0 Å². The van der Waals surface area contributed by atoms with Crippen molar-refractivity contribution in [3.8, 4) is 0 Å². The van der Waals surface area contributed by atoms with Crippen molar-refractivity contribution in [1.82, 2.24) is 0 Å². The van der Waals surface area contributed by atoms with E-state index in [1.807, 2.05) is 30.3 Å². The number of nitro groups is 1. The summed E-state index contributed by atoms with van der Waals surface area (Å²) in [6.45, 7) is 0. The molecule has 0 radical (unpaired) electrons. The molecule has 0 saturated carbocycles. The zero-order valence-corrected chi connectivity index (χ0v) is 8.98. The molecule has 0 bridgehead atoms. The van der Waals surface area contributed by atoms with Crippen molar-refractivity contribution in [1.29, 1.82) is 0 Å². The van der Waals surface area contributed by atoms with Gasteiger partial charge in [-0.3, -0.25) is 15.1 Å². The highest BCUT2D eigenvalue weighted by molar-refractivity contribution is 5.82. The minimum absolute atomic E-state index is 0.0713. The second-order valence-corrected chi connectivity index (χ2v) is 3.45. The Hall–Kier alpha value is -2.49. The number of rotatable bonds is 3. The van der Waals surface area contributed by atoms with E-state index in [0.29, 0.717) is 5.56 Å². The molecule has 2 aromatic carbocycles. The SMILES string of the molecule is O=[N+]([O-])c1cccc(/C=N/c2ccccc2)c1. The maximum Gasteiger partial charge on any atom is 0.270 e. The van der Waals surface area contributed by atoms with Crippen molar-refractivity contribution in [2.75, 3.05) is 0 Å². The first-order chi connectivity index (χ1) is 8.25. The van der Waals surface area contributed by atoms with Crippen LogP contribution in [0, 0.1) is 10.1 Å². The van der Waals surface area contributed by atoms with E-state index in [1.165, 1.54) is 12.1 Å². The highest BCUT2D eigenvalue weighted by atomic mass is 16.6. The van der Waals surface area contributed by atoms with E-state index >= 15 is 0 Å². The number of non-ortho nitro benzene ring substituents is 1. The molecule has 0 saturated heterocycles. The normalized spacial score (nSPS) is 10.6. The van der Waals surface area contributed by atoms with Gasteiger partial charge in [-0.25, -0.2) is 0 Å². The monoisotopic (exact) mass is 226 g/mol. The molecule has 17 heavy (non-hydrogen) atoms. The predicted molar refractivity (Wildman–Crippen MR) is 66.8 cm³/mol. The number of benzene rings is 2. The number of para-hydroxylation sites is 1. The van der Waals surface area contributed by atoms with E-state index in [-0.39, 0.29) is 5.69 Å². The van der Waals surface area contributed by atoms with Crippen LogP contribution >= 0.6 is 0 Å². The van der Waals surface area contributed by atoms with E-state index in [4.69, 9.17) is 0 Å². The van der Waals surface area contributed by atoms with Crippen molar-refractivity contribution in [3.05, 3.63) is 70.3 Å². The van der Waals surface area contributed by atoms with Gasteiger partial charge in [-0.15, -0.1) is 0 Å². The molecule has 0 heterocycles. The predicted octanol–water partition coefficient (Wildman–Crippen LogP) is 3.35. The van der Waals surface area contributed by atoms with Crippen LogP contribution in [-0.4, -0.2) is 11.1 Å². The average molecular weight is 226 g/mol. The summed E-state index contributed by atoms with van der Waals surface area (Å²) >= 11 is 0. The van der Waals surface area contributed by atoms with Gasteiger partial charge in [-0.2, -0.15) is 0 Å². The van der Waals surface area contributed by atoms with Gasteiger partial charge in [0.1, 0.15) is 0 Å². The minimum atomic E-state index is -0.417. The summed E-state index contributed by atoms with van der Waals surface area (Å²) in [4.78, 5) is 14.4. The van der Waals surface area contributed by atoms with E-state index in [2.05, 4.69) is 4.99 Å². The number of hydrogen-bond donors (Lipinski definition) is 0. The summed E-state index contributed by atoms with van der Waals surface area (Å²) in [6.07, 6.45) is 1.61. The summed E-state index contributed by atoms with van der Waals surface area (Å²) in [5.41, 5.74) is 1.60. The third-order valence-corrected chi connectivity index (χ3v) is 2.20. The van der Waals surface area contributed by atoms with E-state index in [9.17, 15) is 10.1 Å². The first-order valence-electron chi connectivity index (χ1n) is 5.09. The van der Waals surface area contributed by atoms with Crippen LogP contribution in [0.4, 0.5) is 11.4 Å². The second-order valence-electron chi connectivity index (χ2n) is 3.45. The highest BCUT2D eigenvalue weighted by Crippen LogP contribution is 2.13. The van der Waals surface area contributed by atoms with Crippen LogP contribution in [-0.2, 0) is 0 Å². The lowest BCUT2D eigenvalue weighted by atomic mass is 10.2. The fourth-order valence-corrected chi connectivity index (χ4v) is 1.38. The molecule has 0 unspecified atom stereocenters. The van der Waals surface area contributed by atoms with E-state index < -0.39 is 4.92 Å². The van der Waals surface area contributed by atoms with Gasteiger partial charge in [0.05, 0.1) is 10.6 Å². The Balaban J connectivity index is 2.22. The average Bonchev–Trinajstić information content (AvgIpc) is 2.38. The molecule has 0 atom stereocenters. The molecule has 0 spiro atoms. The lowest BCUT2D eigenvalue weighted by Gasteiger charge is -1.94. The Morgan fingerprint density at radius 1 is 1.06 bits per heavy atom. The van der Waals surface area contributed by atoms with Crippen LogP contribution in [0.25, 0.3) is 0 Å². The molecular formula is C13H10N2O2. The number of nitro benzene ring substituents is 1. The Morgan fingerprint density at radius 2 is 1.82 bits per heavy atom. The molecule has 84 valence electrons. The number of nitrogens with zero attached hydrogens (tertiary/aromatic N) is 2. The molecule has 4 heteroatoms. The van der Waals surface area contributed by atoms with E-state index in [1.54, 1.807) is 18.3 Å². The van der Waals surface area contributed by atoms with Gasteiger partial charge >= 0.3 is 0 Å². The van der Waals surface area contributed by atoms with Gasteiger partial charge in [0.15, 0.2) is 0 Å². The first-order valence-corrected chi connectivity index (χ1v) is 5.09. The van der Waals surface area contributed by atoms with Crippen LogP contribution in [0.3, 0.4) is 0 Å². The second kappa shape index (κ2) is 5.03. The standard InChI is InChI=1S/C13H10N2O2/c16-15(17)13-8-4-5-11(9-13)10-14-12-6-2-1-3-7-12/h1-10H/b14-10+. The Labute approximate surface area is 98.4 Å². The van der Waals surface area contributed by atoms with Crippen molar-refractivity contribution in [3.63, 3.8) is 0 Å². The number of hydrogen-bond acceptors (Lipinski definition) is 3. The largest absolute Gasteiger partial charge is 0.270 e. The van der Waals surface area contributed by atoms with Crippen molar-refractivity contribution in [2.24, 2.45) is 4.99 Å².